The fourth-order valence-corrected chi connectivity index (χ4v) is 1.98. The summed E-state index contributed by atoms with van der Waals surface area (Å²) in [6.07, 6.45) is 0. The monoisotopic (exact) mass is 314 g/mol. The van der Waals surface area contributed by atoms with Crippen LogP contribution in [0, 0.1) is 0 Å². The van der Waals surface area contributed by atoms with Crippen molar-refractivity contribution in [3.8, 4) is 23.0 Å². The first-order valence-electron chi connectivity index (χ1n) is 5.79. The van der Waals surface area contributed by atoms with E-state index in [9.17, 15) is 10.2 Å². The lowest BCUT2D eigenvalue weighted by molar-refractivity contribution is 0.217. The number of halogens is 2. The lowest BCUT2D eigenvalue weighted by atomic mass is 10.3. The minimum atomic E-state index is 0.0782. The Labute approximate surface area is 126 Å². The van der Waals surface area contributed by atoms with Gasteiger partial charge in [0.1, 0.15) is 36.2 Å². The van der Waals surface area contributed by atoms with E-state index >= 15 is 0 Å². The molecule has 0 saturated heterocycles. The summed E-state index contributed by atoms with van der Waals surface area (Å²) in [5.41, 5.74) is 0. The standard InChI is InChI=1S/C14H12Cl2O4/c15-11-7-9(17)1-3-13(11)19-5-6-20-14-4-2-10(18)8-12(14)16/h1-4,7-8,17-18H,5-6H2. The predicted molar refractivity (Wildman–Crippen MR) is 77.2 cm³/mol. The number of benzene rings is 2. The molecule has 106 valence electrons. The molecule has 0 heterocycles. The first-order chi connectivity index (χ1) is 9.56. The molecule has 0 radical (unpaired) electrons. The molecule has 4 nitrogen and oxygen atoms in total. The maximum Gasteiger partial charge on any atom is 0.138 e. The number of rotatable bonds is 5. The van der Waals surface area contributed by atoms with E-state index in [1.807, 2.05) is 0 Å². The number of phenolic OH excluding ortho intramolecular Hbond substituents is 2. The van der Waals surface area contributed by atoms with Crippen molar-refractivity contribution in [1.29, 1.82) is 0 Å². The van der Waals surface area contributed by atoms with Crippen LogP contribution in [0.2, 0.25) is 10.0 Å². The minimum Gasteiger partial charge on any atom is -0.508 e. The van der Waals surface area contributed by atoms with E-state index in [0.29, 0.717) is 21.5 Å². The highest BCUT2D eigenvalue weighted by Gasteiger charge is 2.04. The van der Waals surface area contributed by atoms with Gasteiger partial charge in [0.25, 0.3) is 0 Å². The van der Waals surface area contributed by atoms with Gasteiger partial charge in [0.15, 0.2) is 0 Å². The van der Waals surface area contributed by atoms with Crippen LogP contribution >= 0.6 is 23.2 Å². The van der Waals surface area contributed by atoms with Crippen LogP contribution in [0.15, 0.2) is 36.4 Å². The normalized spacial score (nSPS) is 10.3. The summed E-state index contributed by atoms with van der Waals surface area (Å²) < 4.78 is 10.8. The Balaban J connectivity index is 1.84. The van der Waals surface area contributed by atoms with Gasteiger partial charge in [-0.25, -0.2) is 0 Å². The highest BCUT2D eigenvalue weighted by atomic mass is 35.5. The molecule has 0 atom stereocenters. The van der Waals surface area contributed by atoms with E-state index in [0.717, 1.165) is 0 Å². The highest BCUT2D eigenvalue weighted by Crippen LogP contribution is 2.29. The van der Waals surface area contributed by atoms with Gasteiger partial charge in [0.2, 0.25) is 0 Å². The fourth-order valence-electron chi connectivity index (χ4n) is 1.52. The van der Waals surface area contributed by atoms with Gasteiger partial charge in [-0.15, -0.1) is 0 Å². The van der Waals surface area contributed by atoms with Gasteiger partial charge >= 0.3 is 0 Å². The first-order valence-corrected chi connectivity index (χ1v) is 6.54. The highest BCUT2D eigenvalue weighted by molar-refractivity contribution is 6.32. The van der Waals surface area contributed by atoms with Crippen molar-refractivity contribution in [3.05, 3.63) is 46.4 Å². The van der Waals surface area contributed by atoms with Gasteiger partial charge in [0.05, 0.1) is 10.0 Å². The van der Waals surface area contributed by atoms with E-state index in [4.69, 9.17) is 32.7 Å². The second kappa shape index (κ2) is 6.59. The van der Waals surface area contributed by atoms with E-state index in [1.54, 1.807) is 12.1 Å². The SMILES string of the molecule is Oc1ccc(OCCOc2ccc(O)cc2Cl)c(Cl)c1. The van der Waals surface area contributed by atoms with Crippen LogP contribution in [-0.2, 0) is 0 Å². The van der Waals surface area contributed by atoms with Gasteiger partial charge in [-0.1, -0.05) is 23.2 Å². The number of hydrogen-bond donors (Lipinski definition) is 2. The molecule has 20 heavy (non-hydrogen) atoms. The van der Waals surface area contributed by atoms with Crippen LogP contribution in [0.3, 0.4) is 0 Å². The zero-order valence-electron chi connectivity index (χ0n) is 10.3. The van der Waals surface area contributed by atoms with Crippen LogP contribution in [0.5, 0.6) is 23.0 Å². The maximum absolute atomic E-state index is 9.21. The summed E-state index contributed by atoms with van der Waals surface area (Å²) in [7, 11) is 0. The largest absolute Gasteiger partial charge is 0.508 e. The van der Waals surface area contributed by atoms with Crippen molar-refractivity contribution in [1.82, 2.24) is 0 Å². The summed E-state index contributed by atoms with van der Waals surface area (Å²) in [6.45, 7) is 0.531. The van der Waals surface area contributed by atoms with Gasteiger partial charge in [-0.3, -0.25) is 0 Å². The molecule has 0 aliphatic rings. The van der Waals surface area contributed by atoms with Gasteiger partial charge in [-0.05, 0) is 24.3 Å². The third-order valence-electron chi connectivity index (χ3n) is 2.43. The van der Waals surface area contributed by atoms with Crippen molar-refractivity contribution >= 4 is 23.2 Å². The molecule has 0 unspecified atom stereocenters. The lowest BCUT2D eigenvalue weighted by Crippen LogP contribution is -2.09. The van der Waals surface area contributed by atoms with Crippen molar-refractivity contribution < 1.29 is 19.7 Å². The molecular formula is C14H12Cl2O4. The average Bonchev–Trinajstić information content (AvgIpc) is 2.39. The number of hydrogen-bond acceptors (Lipinski definition) is 4. The van der Waals surface area contributed by atoms with Gasteiger partial charge in [-0.2, -0.15) is 0 Å². The zero-order chi connectivity index (χ0) is 14.5. The smallest absolute Gasteiger partial charge is 0.138 e. The number of aromatic hydroxyl groups is 2. The summed E-state index contributed by atoms with van der Waals surface area (Å²) in [5, 5.41) is 19.1. The topological polar surface area (TPSA) is 58.9 Å². The molecule has 2 rings (SSSR count). The van der Waals surface area contributed by atoms with E-state index < -0.39 is 0 Å². The van der Waals surface area contributed by atoms with Crippen molar-refractivity contribution in [2.24, 2.45) is 0 Å². The predicted octanol–water partition coefficient (Wildman–Crippen LogP) is 3.86. The molecule has 0 aromatic heterocycles. The van der Waals surface area contributed by atoms with Crippen molar-refractivity contribution in [2.75, 3.05) is 13.2 Å². The third-order valence-corrected chi connectivity index (χ3v) is 3.02. The Bertz CT molecular complexity index is 548. The summed E-state index contributed by atoms with van der Waals surface area (Å²) in [4.78, 5) is 0. The third kappa shape index (κ3) is 3.85. The molecule has 6 heteroatoms. The van der Waals surface area contributed by atoms with Crippen LogP contribution < -0.4 is 9.47 Å². The second-order valence-corrected chi connectivity index (χ2v) is 4.74. The molecule has 0 aliphatic carbocycles. The van der Waals surface area contributed by atoms with E-state index in [1.165, 1.54) is 24.3 Å². The second-order valence-electron chi connectivity index (χ2n) is 3.93. The first kappa shape index (κ1) is 14.6. The summed E-state index contributed by atoms with van der Waals surface area (Å²) in [6, 6.07) is 8.91. The molecule has 2 aromatic rings. The fraction of sp³-hybridized carbons (Fsp3) is 0.143. The zero-order valence-corrected chi connectivity index (χ0v) is 11.9. The molecule has 0 bridgehead atoms. The minimum absolute atomic E-state index is 0.0782. The molecule has 0 spiro atoms. The lowest BCUT2D eigenvalue weighted by Gasteiger charge is -2.10. The molecule has 2 N–H and O–H groups in total. The van der Waals surface area contributed by atoms with Crippen molar-refractivity contribution in [2.45, 2.75) is 0 Å². The molecule has 2 aromatic carbocycles. The Hall–Kier alpha value is -1.78. The Morgan fingerprint density at radius 2 is 1.15 bits per heavy atom. The van der Waals surface area contributed by atoms with Crippen LogP contribution in [0.1, 0.15) is 0 Å². The quantitative estimate of drug-likeness (QED) is 0.823. The van der Waals surface area contributed by atoms with E-state index in [-0.39, 0.29) is 24.7 Å². The summed E-state index contributed by atoms with van der Waals surface area (Å²) >= 11 is 11.8. The van der Waals surface area contributed by atoms with Crippen LogP contribution in [-0.4, -0.2) is 23.4 Å². The van der Waals surface area contributed by atoms with Crippen molar-refractivity contribution in [3.63, 3.8) is 0 Å². The number of phenols is 2. The Morgan fingerprint density at radius 3 is 1.50 bits per heavy atom. The Morgan fingerprint density at radius 1 is 0.750 bits per heavy atom. The van der Waals surface area contributed by atoms with Gasteiger partial charge in [0, 0.05) is 12.1 Å². The molecule has 0 saturated carbocycles. The molecule has 0 fully saturated rings. The van der Waals surface area contributed by atoms with Crippen LogP contribution in [0.4, 0.5) is 0 Å². The maximum atomic E-state index is 9.21. The van der Waals surface area contributed by atoms with Gasteiger partial charge < -0.3 is 19.7 Å². The molecule has 0 aliphatic heterocycles. The van der Waals surface area contributed by atoms with Crippen LogP contribution in [0.25, 0.3) is 0 Å². The molecule has 0 amide bonds. The number of ether oxygens (including phenoxy) is 2. The molecular weight excluding hydrogens is 303 g/mol. The van der Waals surface area contributed by atoms with E-state index in [2.05, 4.69) is 0 Å². The Kier molecular flexibility index (Phi) is 4.82. The summed E-state index contributed by atoms with van der Waals surface area (Å²) in [5.74, 6) is 1.08. The average molecular weight is 315 g/mol.